The van der Waals surface area contributed by atoms with Crippen molar-refractivity contribution in [3.63, 3.8) is 0 Å². The molecule has 7 nitrogen and oxygen atoms in total. The van der Waals surface area contributed by atoms with Crippen molar-refractivity contribution in [1.29, 1.82) is 0 Å². The summed E-state index contributed by atoms with van der Waals surface area (Å²) < 4.78 is 4.63. The molecule has 2 rings (SSSR count). The summed E-state index contributed by atoms with van der Waals surface area (Å²) in [6.45, 7) is 0. The van der Waals surface area contributed by atoms with Gasteiger partial charge in [-0.2, -0.15) is 5.10 Å². The lowest BCUT2D eigenvalue weighted by Crippen LogP contribution is -2.34. The Hall–Kier alpha value is -2.22. The summed E-state index contributed by atoms with van der Waals surface area (Å²) in [5.41, 5.74) is 0.642. The SMILES string of the molecule is COC(=O)c1sccc1NC(=O)C1=NN(C)C(=O)CC1. The highest BCUT2D eigenvalue weighted by atomic mass is 32.1. The molecular weight excluding hydrogens is 282 g/mol. The number of hydrazone groups is 1. The van der Waals surface area contributed by atoms with Crippen LogP contribution < -0.4 is 5.32 Å². The second-order valence-electron chi connectivity index (χ2n) is 4.07. The van der Waals surface area contributed by atoms with Gasteiger partial charge in [-0.1, -0.05) is 0 Å². The number of nitrogens with one attached hydrogen (secondary N) is 1. The number of methoxy groups -OCH3 is 1. The van der Waals surface area contributed by atoms with Gasteiger partial charge in [-0.05, 0) is 11.4 Å². The highest BCUT2D eigenvalue weighted by molar-refractivity contribution is 7.12. The molecule has 0 bridgehead atoms. The molecule has 0 aromatic carbocycles. The second kappa shape index (κ2) is 5.83. The van der Waals surface area contributed by atoms with Crippen LogP contribution in [-0.4, -0.2) is 42.7 Å². The minimum atomic E-state index is -0.506. The molecule has 0 spiro atoms. The summed E-state index contributed by atoms with van der Waals surface area (Å²) in [7, 11) is 2.78. The molecule has 0 unspecified atom stereocenters. The minimum absolute atomic E-state index is 0.132. The van der Waals surface area contributed by atoms with E-state index < -0.39 is 11.9 Å². The molecule has 1 N–H and O–H groups in total. The number of ether oxygens (including phenoxy) is 1. The Bertz CT molecular complexity index is 593. The highest BCUT2D eigenvalue weighted by Crippen LogP contribution is 2.23. The van der Waals surface area contributed by atoms with Gasteiger partial charge in [-0.25, -0.2) is 9.80 Å². The molecule has 0 saturated heterocycles. The number of rotatable bonds is 3. The van der Waals surface area contributed by atoms with Crippen LogP contribution in [0.4, 0.5) is 5.69 Å². The first-order chi connectivity index (χ1) is 9.52. The fourth-order valence-electron chi connectivity index (χ4n) is 1.69. The van der Waals surface area contributed by atoms with Gasteiger partial charge >= 0.3 is 5.97 Å². The van der Waals surface area contributed by atoms with Crippen LogP contribution >= 0.6 is 11.3 Å². The van der Waals surface area contributed by atoms with Crippen molar-refractivity contribution in [2.45, 2.75) is 12.8 Å². The zero-order valence-electron chi connectivity index (χ0n) is 11.0. The molecule has 20 heavy (non-hydrogen) atoms. The van der Waals surface area contributed by atoms with E-state index in [1.807, 2.05) is 0 Å². The van der Waals surface area contributed by atoms with E-state index in [0.29, 0.717) is 10.6 Å². The average Bonchev–Trinajstić information content (AvgIpc) is 2.89. The molecule has 2 amide bonds. The van der Waals surface area contributed by atoms with Crippen molar-refractivity contribution in [3.05, 3.63) is 16.3 Å². The zero-order valence-corrected chi connectivity index (χ0v) is 11.8. The van der Waals surface area contributed by atoms with E-state index in [1.165, 1.54) is 25.5 Å². The fourth-order valence-corrected chi connectivity index (χ4v) is 2.45. The summed E-state index contributed by atoms with van der Waals surface area (Å²) in [5.74, 6) is -1.06. The number of carbonyl (C=O) groups is 3. The standard InChI is InChI=1S/C12H13N3O4S/c1-15-9(16)4-3-8(14-15)11(17)13-7-5-6-20-10(7)12(18)19-2/h5-6H,3-4H2,1-2H3,(H,13,17). The van der Waals surface area contributed by atoms with Gasteiger partial charge in [0.1, 0.15) is 10.6 Å². The van der Waals surface area contributed by atoms with E-state index in [-0.39, 0.29) is 24.5 Å². The number of hydrogen-bond acceptors (Lipinski definition) is 6. The van der Waals surface area contributed by atoms with Crippen molar-refractivity contribution in [2.75, 3.05) is 19.5 Å². The van der Waals surface area contributed by atoms with Gasteiger partial charge in [0.2, 0.25) is 5.91 Å². The van der Waals surface area contributed by atoms with E-state index >= 15 is 0 Å². The molecule has 0 saturated carbocycles. The predicted octanol–water partition coefficient (Wildman–Crippen LogP) is 1.08. The van der Waals surface area contributed by atoms with Gasteiger partial charge in [-0.15, -0.1) is 11.3 Å². The maximum atomic E-state index is 12.1. The summed E-state index contributed by atoms with van der Waals surface area (Å²) in [6, 6.07) is 1.62. The lowest BCUT2D eigenvalue weighted by Gasteiger charge is -2.18. The lowest BCUT2D eigenvalue weighted by molar-refractivity contribution is -0.130. The van der Waals surface area contributed by atoms with Crippen LogP contribution in [0, 0.1) is 0 Å². The number of anilines is 1. The van der Waals surface area contributed by atoms with Crippen LogP contribution in [0.2, 0.25) is 0 Å². The van der Waals surface area contributed by atoms with Crippen LogP contribution in [0.5, 0.6) is 0 Å². The molecule has 8 heteroatoms. The largest absolute Gasteiger partial charge is 0.465 e. The van der Waals surface area contributed by atoms with Gasteiger partial charge in [0.25, 0.3) is 5.91 Å². The highest BCUT2D eigenvalue weighted by Gasteiger charge is 2.23. The first kappa shape index (κ1) is 14.2. The van der Waals surface area contributed by atoms with Gasteiger partial charge < -0.3 is 10.1 Å². The number of thiophene rings is 1. The first-order valence-electron chi connectivity index (χ1n) is 5.84. The molecule has 1 aromatic rings. The number of hydrogen-bond donors (Lipinski definition) is 1. The molecule has 0 aliphatic carbocycles. The maximum Gasteiger partial charge on any atom is 0.350 e. The zero-order chi connectivity index (χ0) is 14.7. The van der Waals surface area contributed by atoms with Crippen molar-refractivity contribution in [1.82, 2.24) is 5.01 Å². The Morgan fingerprint density at radius 3 is 2.85 bits per heavy atom. The van der Waals surface area contributed by atoms with Crippen LogP contribution in [0.15, 0.2) is 16.5 Å². The van der Waals surface area contributed by atoms with Crippen molar-refractivity contribution in [3.8, 4) is 0 Å². The minimum Gasteiger partial charge on any atom is -0.465 e. The van der Waals surface area contributed by atoms with Crippen LogP contribution in [-0.2, 0) is 14.3 Å². The molecule has 1 aliphatic rings. The third kappa shape index (κ3) is 2.85. The maximum absolute atomic E-state index is 12.1. The molecule has 0 fully saturated rings. The van der Waals surface area contributed by atoms with Crippen molar-refractivity contribution >= 4 is 40.5 Å². The first-order valence-corrected chi connectivity index (χ1v) is 6.72. The van der Waals surface area contributed by atoms with Crippen molar-refractivity contribution in [2.24, 2.45) is 5.10 Å². The topological polar surface area (TPSA) is 88.1 Å². The smallest absolute Gasteiger partial charge is 0.350 e. The van der Waals surface area contributed by atoms with E-state index in [1.54, 1.807) is 11.4 Å². The molecule has 0 radical (unpaired) electrons. The van der Waals surface area contributed by atoms with Gasteiger partial charge in [-0.3, -0.25) is 9.59 Å². The summed E-state index contributed by atoms with van der Waals surface area (Å²) >= 11 is 1.18. The Balaban J connectivity index is 2.13. The summed E-state index contributed by atoms with van der Waals surface area (Å²) in [6.07, 6.45) is 0.531. The lowest BCUT2D eigenvalue weighted by atomic mass is 10.1. The van der Waals surface area contributed by atoms with E-state index in [2.05, 4.69) is 15.2 Å². The normalized spacial score (nSPS) is 14.8. The summed E-state index contributed by atoms with van der Waals surface area (Å²) in [5, 5.41) is 9.35. The summed E-state index contributed by atoms with van der Waals surface area (Å²) in [4.78, 5) is 35.2. The number of esters is 1. The Labute approximate surface area is 119 Å². The second-order valence-corrected chi connectivity index (χ2v) is 4.99. The molecule has 1 aliphatic heterocycles. The van der Waals surface area contributed by atoms with Gasteiger partial charge in [0.05, 0.1) is 12.8 Å². The number of amides is 2. The molecule has 1 aromatic heterocycles. The molecule has 2 heterocycles. The van der Waals surface area contributed by atoms with E-state index in [4.69, 9.17) is 0 Å². The third-order valence-electron chi connectivity index (χ3n) is 2.75. The van der Waals surface area contributed by atoms with Crippen LogP contribution in [0.3, 0.4) is 0 Å². The van der Waals surface area contributed by atoms with Gasteiger partial charge in [0.15, 0.2) is 0 Å². The quantitative estimate of drug-likeness (QED) is 0.845. The van der Waals surface area contributed by atoms with Crippen molar-refractivity contribution < 1.29 is 19.1 Å². The Kier molecular flexibility index (Phi) is 4.14. The monoisotopic (exact) mass is 295 g/mol. The van der Waals surface area contributed by atoms with E-state index in [9.17, 15) is 14.4 Å². The Morgan fingerprint density at radius 1 is 1.45 bits per heavy atom. The molecule has 0 atom stereocenters. The third-order valence-corrected chi connectivity index (χ3v) is 3.65. The van der Waals surface area contributed by atoms with Crippen LogP contribution in [0.25, 0.3) is 0 Å². The molecular formula is C12H13N3O4S. The molecule has 106 valence electrons. The van der Waals surface area contributed by atoms with Crippen LogP contribution in [0.1, 0.15) is 22.5 Å². The van der Waals surface area contributed by atoms with E-state index in [0.717, 1.165) is 5.01 Å². The van der Waals surface area contributed by atoms with Gasteiger partial charge in [0, 0.05) is 19.9 Å². The predicted molar refractivity (Wildman–Crippen MR) is 73.7 cm³/mol. The Morgan fingerprint density at radius 2 is 2.20 bits per heavy atom. The fraction of sp³-hybridized carbons (Fsp3) is 0.333. The average molecular weight is 295 g/mol. The number of carbonyl (C=O) groups excluding carboxylic acids is 3. The number of nitrogens with zero attached hydrogens (tertiary/aromatic N) is 2.